The molecule has 1 heterocycles. The van der Waals surface area contributed by atoms with Gasteiger partial charge in [-0.2, -0.15) is 0 Å². The number of likely N-dealkylation sites (tertiary alicyclic amines) is 1. The van der Waals surface area contributed by atoms with Gasteiger partial charge in [-0.3, -0.25) is 19.8 Å². The van der Waals surface area contributed by atoms with Gasteiger partial charge in [-0.05, 0) is 44.4 Å². The number of non-ortho nitro benzene ring substituents is 1. The lowest BCUT2D eigenvalue weighted by atomic mass is 10.1. The van der Waals surface area contributed by atoms with Crippen LogP contribution in [0.1, 0.15) is 36.0 Å². The van der Waals surface area contributed by atoms with Crippen molar-refractivity contribution in [3.05, 3.63) is 39.9 Å². The van der Waals surface area contributed by atoms with Crippen molar-refractivity contribution in [1.82, 2.24) is 4.90 Å². The zero-order valence-corrected chi connectivity index (χ0v) is 11.9. The molecule has 1 unspecified atom stereocenters. The van der Waals surface area contributed by atoms with Crippen LogP contribution in [0.2, 0.25) is 0 Å². The number of rotatable bonds is 7. The number of hydrogen-bond donors (Lipinski definition) is 1. The molecule has 0 bridgehead atoms. The number of nitro groups is 1. The summed E-state index contributed by atoms with van der Waals surface area (Å²) < 4.78 is 0. The predicted molar refractivity (Wildman–Crippen MR) is 78.3 cm³/mol. The summed E-state index contributed by atoms with van der Waals surface area (Å²) in [6.07, 6.45) is 3.80. The summed E-state index contributed by atoms with van der Waals surface area (Å²) in [5.74, 6) is -0.0132. The van der Waals surface area contributed by atoms with E-state index in [4.69, 9.17) is 5.11 Å². The molecule has 21 heavy (non-hydrogen) atoms. The molecule has 1 atom stereocenters. The fourth-order valence-corrected chi connectivity index (χ4v) is 2.80. The van der Waals surface area contributed by atoms with Crippen LogP contribution in [-0.2, 0) is 0 Å². The molecule has 1 aliphatic heterocycles. The minimum Gasteiger partial charge on any atom is -0.396 e. The fraction of sp³-hybridized carbons (Fsp3) is 0.533. The Bertz CT molecular complexity index is 501. The van der Waals surface area contributed by atoms with Crippen LogP contribution in [0.4, 0.5) is 5.69 Å². The third-order valence-corrected chi connectivity index (χ3v) is 3.94. The normalized spacial score (nSPS) is 18.8. The number of aliphatic hydroxyl groups is 1. The van der Waals surface area contributed by atoms with Gasteiger partial charge < -0.3 is 5.11 Å². The number of nitrogens with zero attached hydrogens (tertiary/aromatic N) is 2. The Labute approximate surface area is 123 Å². The molecule has 6 nitrogen and oxygen atoms in total. The minimum atomic E-state index is -0.473. The third-order valence-electron chi connectivity index (χ3n) is 3.94. The molecule has 0 amide bonds. The summed E-state index contributed by atoms with van der Waals surface area (Å²) in [5.41, 5.74) is 0.502. The number of hydrogen-bond acceptors (Lipinski definition) is 5. The van der Waals surface area contributed by atoms with E-state index < -0.39 is 4.92 Å². The minimum absolute atomic E-state index is 0.00598. The Morgan fingerprint density at radius 2 is 2.10 bits per heavy atom. The lowest BCUT2D eigenvalue weighted by Gasteiger charge is -2.23. The zero-order valence-electron chi connectivity index (χ0n) is 11.9. The number of ketones is 1. The van der Waals surface area contributed by atoms with Gasteiger partial charge in [0.1, 0.15) is 0 Å². The second kappa shape index (κ2) is 7.28. The van der Waals surface area contributed by atoms with E-state index in [1.165, 1.54) is 24.3 Å². The van der Waals surface area contributed by atoms with Crippen LogP contribution >= 0.6 is 0 Å². The van der Waals surface area contributed by atoms with Gasteiger partial charge in [0.2, 0.25) is 0 Å². The van der Waals surface area contributed by atoms with Crippen LogP contribution in [0, 0.1) is 10.1 Å². The average molecular weight is 292 g/mol. The molecular formula is C15H20N2O4. The van der Waals surface area contributed by atoms with Crippen molar-refractivity contribution in [2.24, 2.45) is 0 Å². The largest absolute Gasteiger partial charge is 0.396 e. The molecule has 0 aliphatic carbocycles. The summed E-state index contributed by atoms with van der Waals surface area (Å²) >= 11 is 0. The van der Waals surface area contributed by atoms with Crippen molar-refractivity contribution < 1.29 is 14.8 Å². The van der Waals surface area contributed by atoms with Crippen molar-refractivity contribution in [1.29, 1.82) is 0 Å². The number of Topliss-reactive ketones (excluding diaryl/α,β-unsaturated/α-hetero) is 1. The van der Waals surface area contributed by atoms with Gasteiger partial charge in [-0.15, -0.1) is 0 Å². The highest BCUT2D eigenvalue weighted by Crippen LogP contribution is 2.22. The second-order valence-corrected chi connectivity index (χ2v) is 5.36. The quantitative estimate of drug-likeness (QED) is 0.472. The Morgan fingerprint density at radius 3 is 2.71 bits per heavy atom. The van der Waals surface area contributed by atoms with E-state index in [0.29, 0.717) is 18.2 Å². The van der Waals surface area contributed by atoms with E-state index >= 15 is 0 Å². The van der Waals surface area contributed by atoms with Gasteiger partial charge in [-0.25, -0.2) is 0 Å². The Hall–Kier alpha value is -1.79. The first-order valence-electron chi connectivity index (χ1n) is 7.24. The lowest BCUT2D eigenvalue weighted by Crippen LogP contribution is -2.34. The lowest BCUT2D eigenvalue weighted by molar-refractivity contribution is -0.384. The predicted octanol–water partition coefficient (Wildman–Crippen LogP) is 2.01. The van der Waals surface area contributed by atoms with Gasteiger partial charge in [0, 0.05) is 30.3 Å². The van der Waals surface area contributed by atoms with Crippen molar-refractivity contribution in [2.75, 3.05) is 19.7 Å². The number of carbonyl (C=O) groups excluding carboxylic acids is 1. The molecule has 1 aromatic carbocycles. The molecule has 0 aromatic heterocycles. The molecule has 0 spiro atoms. The molecule has 1 N–H and O–H groups in total. The summed E-state index contributed by atoms with van der Waals surface area (Å²) in [5, 5.41) is 19.5. The molecule has 0 saturated carbocycles. The van der Waals surface area contributed by atoms with Crippen molar-refractivity contribution in [2.45, 2.75) is 31.7 Å². The maximum atomic E-state index is 12.2. The molecular weight excluding hydrogens is 272 g/mol. The first-order chi connectivity index (χ1) is 10.1. The Balaban J connectivity index is 1.95. The van der Waals surface area contributed by atoms with Crippen LogP contribution < -0.4 is 0 Å². The van der Waals surface area contributed by atoms with Gasteiger partial charge in [-0.1, -0.05) is 0 Å². The summed E-state index contributed by atoms with van der Waals surface area (Å²) in [7, 11) is 0. The van der Waals surface area contributed by atoms with E-state index in [1.807, 2.05) is 0 Å². The molecule has 1 aromatic rings. The molecule has 1 aliphatic rings. The van der Waals surface area contributed by atoms with Crippen LogP contribution in [0.15, 0.2) is 24.3 Å². The highest BCUT2D eigenvalue weighted by Gasteiger charge is 2.26. The number of aliphatic hydroxyl groups excluding tert-OH is 1. The van der Waals surface area contributed by atoms with Crippen molar-refractivity contribution >= 4 is 11.5 Å². The first-order valence-corrected chi connectivity index (χ1v) is 7.24. The molecule has 114 valence electrons. The smallest absolute Gasteiger partial charge is 0.269 e. The number of carbonyl (C=O) groups is 1. The molecule has 6 heteroatoms. The number of benzene rings is 1. The summed E-state index contributed by atoms with van der Waals surface area (Å²) in [6.45, 7) is 1.42. The summed E-state index contributed by atoms with van der Waals surface area (Å²) in [4.78, 5) is 24.5. The molecule has 2 rings (SSSR count). The Kier molecular flexibility index (Phi) is 5.41. The third kappa shape index (κ3) is 4.09. The van der Waals surface area contributed by atoms with Crippen molar-refractivity contribution in [3.8, 4) is 0 Å². The van der Waals surface area contributed by atoms with Gasteiger partial charge >= 0.3 is 0 Å². The summed E-state index contributed by atoms with van der Waals surface area (Å²) in [6, 6.07) is 6.11. The SMILES string of the molecule is O=C(CN1CCCC1CCCO)c1ccc([N+](=O)[O-])cc1. The van der Waals surface area contributed by atoms with Crippen LogP contribution in [0.3, 0.4) is 0 Å². The van der Waals surface area contributed by atoms with E-state index in [9.17, 15) is 14.9 Å². The number of nitro benzene ring substituents is 1. The molecule has 0 radical (unpaired) electrons. The van der Waals surface area contributed by atoms with E-state index in [1.54, 1.807) is 0 Å². The maximum absolute atomic E-state index is 12.2. The molecule has 1 fully saturated rings. The van der Waals surface area contributed by atoms with Gasteiger partial charge in [0.15, 0.2) is 5.78 Å². The maximum Gasteiger partial charge on any atom is 0.269 e. The van der Waals surface area contributed by atoms with Gasteiger partial charge in [0.25, 0.3) is 5.69 Å². The average Bonchev–Trinajstić information content (AvgIpc) is 2.92. The fourth-order valence-electron chi connectivity index (χ4n) is 2.80. The van der Waals surface area contributed by atoms with Gasteiger partial charge in [0.05, 0.1) is 11.5 Å². The van der Waals surface area contributed by atoms with Crippen molar-refractivity contribution in [3.63, 3.8) is 0 Å². The van der Waals surface area contributed by atoms with E-state index in [0.717, 1.165) is 32.2 Å². The van der Waals surface area contributed by atoms with Crippen LogP contribution in [-0.4, -0.2) is 46.5 Å². The molecule has 1 saturated heterocycles. The Morgan fingerprint density at radius 1 is 1.38 bits per heavy atom. The second-order valence-electron chi connectivity index (χ2n) is 5.36. The first kappa shape index (κ1) is 15.6. The zero-order chi connectivity index (χ0) is 15.2. The van der Waals surface area contributed by atoms with E-state index in [2.05, 4.69) is 4.90 Å². The monoisotopic (exact) mass is 292 g/mol. The highest BCUT2D eigenvalue weighted by molar-refractivity contribution is 5.97. The standard InChI is InChI=1S/C15H20N2O4/c18-10-2-4-13-3-1-9-16(13)11-15(19)12-5-7-14(8-6-12)17(20)21/h5-8,13,18H,1-4,9-11H2. The van der Waals surface area contributed by atoms with E-state index in [-0.39, 0.29) is 18.1 Å². The van der Waals surface area contributed by atoms with Crippen LogP contribution in [0.5, 0.6) is 0 Å². The topological polar surface area (TPSA) is 83.7 Å². The highest BCUT2D eigenvalue weighted by atomic mass is 16.6. The van der Waals surface area contributed by atoms with Crippen LogP contribution in [0.25, 0.3) is 0 Å².